The number of anilines is 4. The van der Waals surface area contributed by atoms with E-state index in [1.807, 2.05) is 0 Å². The van der Waals surface area contributed by atoms with Crippen LogP contribution >= 0.6 is 0 Å². The second-order valence-electron chi connectivity index (χ2n) is 23.1. The topological polar surface area (TPSA) is 15.7 Å². The first-order chi connectivity index (χ1) is 41.1. The Kier molecular flexibility index (Phi) is 13.7. The summed E-state index contributed by atoms with van der Waals surface area (Å²) in [5.74, 6) is 1.76. The highest BCUT2D eigenvalue weighted by Gasteiger charge is 2.20. The van der Waals surface area contributed by atoms with Crippen LogP contribution in [0.5, 0.6) is 11.5 Å². The minimum absolute atomic E-state index is 0.852. The van der Waals surface area contributed by atoms with Crippen molar-refractivity contribution in [2.75, 3.05) is 23.9 Å². The Bertz CT molecular complexity index is 4600. The molecule has 0 unspecified atom stereocenters. The van der Waals surface area contributed by atoms with Gasteiger partial charge in [-0.1, -0.05) is 205 Å². The fraction of sp³-hybridized carbons (Fsp3) is 0.111. The molecule has 406 valence electrons. The molecule has 2 aliphatic carbocycles. The first-order valence-electron chi connectivity index (χ1n) is 29.6. The molecule has 0 bridgehead atoms. The van der Waals surface area contributed by atoms with E-state index in [0.717, 1.165) is 29.3 Å². The van der Waals surface area contributed by atoms with Gasteiger partial charge in [0, 0.05) is 36.8 Å². The van der Waals surface area contributed by atoms with Crippen molar-refractivity contribution in [1.82, 2.24) is 0 Å². The molecule has 0 spiro atoms. The molecular formula is C81H66N2O. The molecule has 0 N–H and O–H groups in total. The van der Waals surface area contributed by atoms with Gasteiger partial charge >= 0.3 is 0 Å². The number of aryl methyl sites for hydroxylation is 7. The van der Waals surface area contributed by atoms with Crippen LogP contribution in [0.3, 0.4) is 0 Å². The van der Waals surface area contributed by atoms with Gasteiger partial charge in [0.1, 0.15) is 11.5 Å². The number of nitrogens with zero attached hydrogens (tertiary/aromatic N) is 2. The van der Waals surface area contributed by atoms with Crippen molar-refractivity contribution in [3.05, 3.63) is 300 Å². The predicted molar refractivity (Wildman–Crippen MR) is 357 cm³/mol. The molecule has 3 heteroatoms. The lowest BCUT2D eigenvalue weighted by atomic mass is 9.85. The quantitative estimate of drug-likeness (QED) is 0.120. The number of rotatable bonds is 11. The van der Waals surface area contributed by atoms with Crippen LogP contribution < -0.4 is 14.5 Å². The summed E-state index contributed by atoms with van der Waals surface area (Å²) >= 11 is 0. The van der Waals surface area contributed by atoms with Crippen LogP contribution in [0.4, 0.5) is 22.7 Å². The third-order valence-electron chi connectivity index (χ3n) is 17.7. The number of hydrogen-bond acceptors (Lipinski definition) is 3. The fourth-order valence-corrected chi connectivity index (χ4v) is 12.6. The summed E-state index contributed by atoms with van der Waals surface area (Å²) in [7, 11) is 4.27. The van der Waals surface area contributed by atoms with Gasteiger partial charge in [-0.2, -0.15) is 0 Å². The average molecular weight is 1080 g/mol. The van der Waals surface area contributed by atoms with Crippen LogP contribution in [0.1, 0.15) is 38.9 Å². The van der Waals surface area contributed by atoms with Crippen molar-refractivity contribution < 1.29 is 4.74 Å². The first kappa shape index (κ1) is 52.1. The van der Waals surface area contributed by atoms with Crippen molar-refractivity contribution in [2.45, 2.75) is 46.5 Å². The summed E-state index contributed by atoms with van der Waals surface area (Å²) in [6.07, 6.45) is 4.77. The van der Waals surface area contributed by atoms with E-state index < -0.39 is 0 Å². The Balaban J connectivity index is 0.000000151. The zero-order valence-electron chi connectivity index (χ0n) is 48.5. The van der Waals surface area contributed by atoms with Crippen molar-refractivity contribution in [3.8, 4) is 67.1 Å². The zero-order valence-corrected chi connectivity index (χ0v) is 48.5. The summed E-state index contributed by atoms with van der Waals surface area (Å²) in [5, 5.41) is 7.69. The molecule has 15 rings (SSSR count). The highest BCUT2D eigenvalue weighted by Crippen LogP contribution is 2.45. The van der Waals surface area contributed by atoms with E-state index in [9.17, 15) is 0 Å². The van der Waals surface area contributed by atoms with Gasteiger partial charge in [-0.15, -0.1) is 0 Å². The maximum atomic E-state index is 6.15. The molecule has 0 aromatic heterocycles. The van der Waals surface area contributed by atoms with Gasteiger partial charge < -0.3 is 14.5 Å². The van der Waals surface area contributed by atoms with Crippen molar-refractivity contribution in [3.63, 3.8) is 0 Å². The second kappa shape index (κ2) is 22.1. The van der Waals surface area contributed by atoms with E-state index in [1.54, 1.807) is 0 Å². The summed E-state index contributed by atoms with van der Waals surface area (Å²) in [6.45, 7) is 6.46. The molecule has 84 heavy (non-hydrogen) atoms. The fourth-order valence-electron chi connectivity index (χ4n) is 12.6. The molecule has 0 amide bonds. The molecule has 0 saturated heterocycles. The van der Waals surface area contributed by atoms with Crippen LogP contribution in [0.15, 0.2) is 261 Å². The Labute approximate surface area is 494 Å². The first-order valence-corrected chi connectivity index (χ1v) is 29.6. The average Bonchev–Trinajstić information content (AvgIpc) is 1.53. The van der Waals surface area contributed by atoms with Gasteiger partial charge in [0.15, 0.2) is 0 Å². The van der Waals surface area contributed by atoms with Gasteiger partial charge in [0.25, 0.3) is 0 Å². The lowest BCUT2D eigenvalue weighted by molar-refractivity contribution is 0.480. The number of fused-ring (bicyclic) bond motifs is 5. The van der Waals surface area contributed by atoms with Crippen LogP contribution in [-0.2, 0) is 25.7 Å². The molecule has 0 aliphatic heterocycles. The van der Waals surface area contributed by atoms with E-state index in [2.05, 4.69) is 306 Å². The molecule has 3 nitrogen and oxygen atoms in total. The van der Waals surface area contributed by atoms with Crippen molar-refractivity contribution in [1.29, 1.82) is 0 Å². The third-order valence-corrected chi connectivity index (χ3v) is 17.7. The van der Waals surface area contributed by atoms with Crippen LogP contribution in [0.2, 0.25) is 0 Å². The highest BCUT2D eigenvalue weighted by atomic mass is 16.5. The molecule has 13 aromatic carbocycles. The molecule has 0 atom stereocenters. The summed E-state index contributed by atoms with van der Waals surface area (Å²) in [4.78, 5) is 4.49. The predicted octanol–water partition coefficient (Wildman–Crippen LogP) is 21.6. The SMILES string of the molecule is Cc1ccc(-c2c3ccccc3c(-c3ccc(N(C)c4ccc(Oc5ccc6c(c5)CC6)cc4)cc3)c3ccc(C)cc23)cc1.Cc1ccc(-c2ccc(-c3ccc(N(C)c4cccc(-c5ccc6c(c5)CC6)c4)cc3)c3ccccc23)cc1. The molecule has 13 aromatic rings. The van der Waals surface area contributed by atoms with Gasteiger partial charge in [-0.05, 0) is 229 Å². The zero-order chi connectivity index (χ0) is 56.8. The highest BCUT2D eigenvalue weighted by molar-refractivity contribution is 6.21. The minimum atomic E-state index is 0.852. The summed E-state index contributed by atoms with van der Waals surface area (Å²) in [5.41, 5.74) is 26.9. The van der Waals surface area contributed by atoms with Crippen LogP contribution in [-0.4, -0.2) is 14.1 Å². The van der Waals surface area contributed by atoms with E-state index in [-0.39, 0.29) is 0 Å². The monoisotopic (exact) mass is 1080 g/mol. The smallest absolute Gasteiger partial charge is 0.127 e. The van der Waals surface area contributed by atoms with Crippen LogP contribution in [0.25, 0.3) is 88.0 Å². The standard InChI is InChI=1S/C43H35NO.C38H31N/c1-28-8-11-31(12-9-28)43-39-7-5-4-6-38(39)42(40-25-10-29(2)26-41(40)43)32-15-18-34(19-16-32)44(3)35-20-23-36(24-21-35)45-37-22-17-30-13-14-33(30)27-37;1-26-10-12-28(13-11-26)35-22-23-36(38-9-4-3-8-37(35)38)29-18-20-33(21-19-29)39(2)34-7-5-6-30(25-34)32-17-15-27-14-16-31(27)24-32/h4-12,15-27H,13-14H2,1-3H3;3-13,15,17-25H,14,16H2,1-2H3. The third kappa shape index (κ3) is 10.1. The maximum Gasteiger partial charge on any atom is 0.127 e. The number of benzene rings is 13. The van der Waals surface area contributed by atoms with E-state index >= 15 is 0 Å². The number of ether oxygens (including phenoxy) is 1. The number of hydrogen-bond donors (Lipinski definition) is 0. The summed E-state index contributed by atoms with van der Waals surface area (Å²) < 4.78 is 6.15. The largest absolute Gasteiger partial charge is 0.457 e. The van der Waals surface area contributed by atoms with Crippen molar-refractivity contribution in [2.24, 2.45) is 0 Å². The minimum Gasteiger partial charge on any atom is -0.457 e. The van der Waals surface area contributed by atoms with Crippen molar-refractivity contribution >= 4 is 55.1 Å². The summed E-state index contributed by atoms with van der Waals surface area (Å²) in [6, 6.07) is 95.3. The molecule has 2 aliphatic rings. The lowest BCUT2D eigenvalue weighted by Gasteiger charge is -2.22. The Morgan fingerprint density at radius 2 is 0.679 bits per heavy atom. The van der Waals surface area contributed by atoms with E-state index in [1.165, 1.54) is 158 Å². The molecule has 0 fully saturated rings. The van der Waals surface area contributed by atoms with Gasteiger partial charge in [0.05, 0.1) is 0 Å². The molecule has 0 radical (unpaired) electrons. The van der Waals surface area contributed by atoms with Gasteiger partial charge in [0.2, 0.25) is 0 Å². The lowest BCUT2D eigenvalue weighted by Crippen LogP contribution is -2.09. The second-order valence-corrected chi connectivity index (χ2v) is 23.1. The maximum absolute atomic E-state index is 6.15. The molecule has 0 saturated carbocycles. The van der Waals surface area contributed by atoms with Crippen LogP contribution in [0, 0.1) is 20.8 Å². The molecule has 0 heterocycles. The van der Waals surface area contributed by atoms with E-state index in [0.29, 0.717) is 0 Å². The Hall–Kier alpha value is -9.96. The normalized spacial score (nSPS) is 12.2. The van der Waals surface area contributed by atoms with Gasteiger partial charge in [-0.3, -0.25) is 0 Å². The van der Waals surface area contributed by atoms with E-state index in [4.69, 9.17) is 4.74 Å². The molecular weight excluding hydrogens is 1020 g/mol. The Morgan fingerprint density at radius 1 is 0.262 bits per heavy atom. The Morgan fingerprint density at radius 3 is 1.23 bits per heavy atom. The van der Waals surface area contributed by atoms with Gasteiger partial charge in [-0.25, -0.2) is 0 Å².